The van der Waals surface area contributed by atoms with Gasteiger partial charge in [-0.2, -0.15) is 0 Å². The van der Waals surface area contributed by atoms with Gasteiger partial charge < -0.3 is 4.90 Å². The summed E-state index contributed by atoms with van der Waals surface area (Å²) in [5, 5.41) is 1.07. The van der Waals surface area contributed by atoms with E-state index in [-0.39, 0.29) is 5.91 Å². The van der Waals surface area contributed by atoms with E-state index in [1.807, 2.05) is 17.9 Å². The Kier molecular flexibility index (Phi) is 5.11. The van der Waals surface area contributed by atoms with Crippen LogP contribution in [0, 0.1) is 12.8 Å². The number of aryl methyl sites for hydroxylation is 3. The van der Waals surface area contributed by atoms with Crippen LogP contribution in [0.5, 0.6) is 0 Å². The van der Waals surface area contributed by atoms with E-state index in [0.29, 0.717) is 5.92 Å². The number of aromatic nitrogens is 1. The molecule has 1 aliphatic rings. The Bertz CT molecular complexity index is 665. The Morgan fingerprint density at radius 2 is 2.09 bits per heavy atom. The maximum Gasteiger partial charge on any atom is 0.265 e. The molecular weight excluding hydrogens is 304 g/mol. The van der Waals surface area contributed by atoms with E-state index >= 15 is 0 Å². The minimum absolute atomic E-state index is 0.178. The van der Waals surface area contributed by atoms with Gasteiger partial charge in [0.05, 0.1) is 10.7 Å². The van der Waals surface area contributed by atoms with Crippen molar-refractivity contribution in [3.05, 3.63) is 51.5 Å². The van der Waals surface area contributed by atoms with Crippen LogP contribution in [0.3, 0.4) is 0 Å². The van der Waals surface area contributed by atoms with Gasteiger partial charge >= 0.3 is 0 Å². The van der Waals surface area contributed by atoms with Crippen LogP contribution in [0.15, 0.2) is 30.3 Å². The molecule has 23 heavy (non-hydrogen) atoms. The molecular formula is C19H24N2OS. The molecule has 3 nitrogen and oxygen atoms in total. The molecule has 1 aromatic carbocycles. The third-order valence-corrected chi connectivity index (χ3v) is 5.65. The maximum absolute atomic E-state index is 12.8. The van der Waals surface area contributed by atoms with Gasteiger partial charge in [0.25, 0.3) is 5.91 Å². The van der Waals surface area contributed by atoms with E-state index in [1.54, 1.807) is 11.3 Å². The molecule has 4 heteroatoms. The highest BCUT2D eigenvalue weighted by molar-refractivity contribution is 7.13. The van der Waals surface area contributed by atoms with Gasteiger partial charge in [-0.3, -0.25) is 4.79 Å². The third-order valence-electron chi connectivity index (χ3n) is 4.45. The van der Waals surface area contributed by atoms with E-state index in [4.69, 9.17) is 0 Å². The molecule has 2 heterocycles. The molecule has 0 radical (unpaired) electrons. The number of benzene rings is 1. The minimum atomic E-state index is 0.178. The Hall–Kier alpha value is -1.68. The Labute approximate surface area is 142 Å². The van der Waals surface area contributed by atoms with Crippen LogP contribution in [-0.2, 0) is 12.8 Å². The summed E-state index contributed by atoms with van der Waals surface area (Å²) >= 11 is 1.58. The number of piperidine rings is 1. The quantitative estimate of drug-likeness (QED) is 0.846. The molecule has 1 aromatic heterocycles. The van der Waals surface area contributed by atoms with Gasteiger partial charge in [-0.15, -0.1) is 11.3 Å². The minimum Gasteiger partial charge on any atom is -0.338 e. The third kappa shape index (κ3) is 3.99. The van der Waals surface area contributed by atoms with Crippen molar-refractivity contribution in [2.75, 3.05) is 13.1 Å². The van der Waals surface area contributed by atoms with Crippen molar-refractivity contribution < 1.29 is 4.79 Å². The van der Waals surface area contributed by atoms with Gasteiger partial charge in [-0.05, 0) is 37.7 Å². The van der Waals surface area contributed by atoms with Crippen LogP contribution in [0.4, 0.5) is 0 Å². The van der Waals surface area contributed by atoms with Crippen molar-refractivity contribution in [3.8, 4) is 0 Å². The summed E-state index contributed by atoms with van der Waals surface area (Å²) < 4.78 is 0. The average Bonchev–Trinajstić information content (AvgIpc) is 2.94. The highest BCUT2D eigenvalue weighted by atomic mass is 32.1. The predicted molar refractivity (Wildman–Crippen MR) is 95.0 cm³/mol. The standard InChI is InChI=1S/C19H24N2OS/c1-14-7-6-12-21(13-14)19(22)18-15(2)20-17(23-18)11-10-16-8-4-3-5-9-16/h3-5,8-9,14H,6-7,10-13H2,1-2H3. The lowest BCUT2D eigenvalue weighted by Gasteiger charge is -2.30. The van der Waals surface area contributed by atoms with Crippen molar-refractivity contribution in [2.45, 2.75) is 39.5 Å². The number of likely N-dealkylation sites (tertiary alicyclic amines) is 1. The van der Waals surface area contributed by atoms with Gasteiger partial charge in [0.1, 0.15) is 4.88 Å². The molecule has 0 bridgehead atoms. The van der Waals surface area contributed by atoms with Crippen LogP contribution < -0.4 is 0 Å². The fraction of sp³-hybridized carbons (Fsp3) is 0.474. The second-order valence-corrected chi connectivity index (χ2v) is 7.59. The molecule has 1 unspecified atom stereocenters. The molecule has 1 fully saturated rings. The molecule has 0 aliphatic carbocycles. The van der Waals surface area contributed by atoms with Crippen LogP contribution in [0.25, 0.3) is 0 Å². The molecule has 0 saturated carbocycles. The zero-order chi connectivity index (χ0) is 16.2. The zero-order valence-electron chi connectivity index (χ0n) is 13.9. The molecule has 122 valence electrons. The van der Waals surface area contributed by atoms with Gasteiger partial charge in [-0.1, -0.05) is 37.3 Å². The fourth-order valence-corrected chi connectivity index (χ4v) is 4.20. The van der Waals surface area contributed by atoms with E-state index in [2.05, 4.69) is 36.2 Å². The lowest BCUT2D eigenvalue weighted by Crippen LogP contribution is -2.39. The van der Waals surface area contributed by atoms with E-state index in [9.17, 15) is 4.79 Å². The molecule has 0 spiro atoms. The van der Waals surface area contributed by atoms with E-state index in [1.165, 1.54) is 12.0 Å². The Balaban J connectivity index is 1.67. The molecule has 1 amide bonds. The second-order valence-electron chi connectivity index (χ2n) is 6.51. The summed E-state index contributed by atoms with van der Waals surface area (Å²) in [7, 11) is 0. The van der Waals surface area contributed by atoms with Gasteiger partial charge in [0.15, 0.2) is 0 Å². The number of hydrogen-bond donors (Lipinski definition) is 0. The summed E-state index contributed by atoms with van der Waals surface area (Å²) in [5.41, 5.74) is 2.21. The van der Waals surface area contributed by atoms with Crippen LogP contribution in [0.2, 0.25) is 0 Å². The first-order chi connectivity index (χ1) is 11.1. The second kappa shape index (κ2) is 7.26. The number of nitrogens with zero attached hydrogens (tertiary/aromatic N) is 2. The summed E-state index contributed by atoms with van der Waals surface area (Å²) in [6.07, 6.45) is 4.22. The van der Waals surface area contributed by atoms with Gasteiger partial charge in [-0.25, -0.2) is 4.98 Å². The van der Waals surface area contributed by atoms with Gasteiger partial charge in [0, 0.05) is 19.5 Å². The van der Waals surface area contributed by atoms with Crippen molar-refractivity contribution in [3.63, 3.8) is 0 Å². The fourth-order valence-electron chi connectivity index (χ4n) is 3.17. The zero-order valence-corrected chi connectivity index (χ0v) is 14.7. The normalized spacial score (nSPS) is 18.2. The molecule has 1 atom stereocenters. The lowest BCUT2D eigenvalue weighted by atomic mass is 10.0. The van der Waals surface area contributed by atoms with Gasteiger partial charge in [0.2, 0.25) is 0 Å². The maximum atomic E-state index is 12.8. The first-order valence-corrected chi connectivity index (χ1v) is 9.24. The topological polar surface area (TPSA) is 33.2 Å². The summed E-state index contributed by atoms with van der Waals surface area (Å²) in [6.45, 7) is 5.96. The lowest BCUT2D eigenvalue weighted by molar-refractivity contribution is 0.0687. The number of thiazole rings is 1. The highest BCUT2D eigenvalue weighted by Gasteiger charge is 2.25. The van der Waals surface area contributed by atoms with Crippen molar-refractivity contribution >= 4 is 17.2 Å². The average molecular weight is 328 g/mol. The number of amides is 1. The van der Waals surface area contributed by atoms with Crippen LogP contribution in [-0.4, -0.2) is 28.9 Å². The first kappa shape index (κ1) is 16.2. The van der Waals surface area contributed by atoms with E-state index in [0.717, 1.165) is 47.9 Å². The molecule has 1 aliphatic heterocycles. The van der Waals surface area contributed by atoms with E-state index < -0.39 is 0 Å². The van der Waals surface area contributed by atoms with Crippen molar-refractivity contribution in [1.82, 2.24) is 9.88 Å². The molecule has 1 saturated heterocycles. The summed E-state index contributed by atoms with van der Waals surface area (Å²) in [6, 6.07) is 10.4. The monoisotopic (exact) mass is 328 g/mol. The number of rotatable bonds is 4. The number of carbonyl (C=O) groups excluding carboxylic acids is 1. The Morgan fingerprint density at radius 3 is 2.83 bits per heavy atom. The van der Waals surface area contributed by atoms with Crippen molar-refractivity contribution in [1.29, 1.82) is 0 Å². The molecule has 0 N–H and O–H groups in total. The van der Waals surface area contributed by atoms with Crippen LogP contribution >= 0.6 is 11.3 Å². The first-order valence-electron chi connectivity index (χ1n) is 8.43. The summed E-state index contributed by atoms with van der Waals surface area (Å²) in [5.74, 6) is 0.788. The SMILES string of the molecule is Cc1nc(CCc2ccccc2)sc1C(=O)N1CCCC(C)C1. The number of carbonyl (C=O) groups is 1. The Morgan fingerprint density at radius 1 is 1.30 bits per heavy atom. The van der Waals surface area contributed by atoms with Crippen molar-refractivity contribution in [2.24, 2.45) is 5.92 Å². The molecule has 2 aromatic rings. The summed E-state index contributed by atoms with van der Waals surface area (Å²) in [4.78, 5) is 20.2. The smallest absolute Gasteiger partial charge is 0.265 e. The molecule has 3 rings (SSSR count). The predicted octanol–water partition coefficient (Wildman–Crippen LogP) is 4.11. The van der Waals surface area contributed by atoms with Crippen LogP contribution in [0.1, 0.15) is 45.7 Å². The largest absolute Gasteiger partial charge is 0.338 e. The highest BCUT2D eigenvalue weighted by Crippen LogP contribution is 2.24. The number of hydrogen-bond acceptors (Lipinski definition) is 3.